The molecule has 1 aromatic heterocycles. The molecule has 4 rings (SSSR count). The standard InChI is InChI=1S/C21H22O9/c1-9-5-12(23)16-13(29-9)6-10-3-2-4-11(15(10)18(16)25)8-28-21-20(27)19(26)17(24)14(7-22)30-21/h2-6,14,17,19-22,24-27H,7-8H2,1H3. The lowest BCUT2D eigenvalue weighted by atomic mass is 9.99. The van der Waals surface area contributed by atoms with E-state index in [1.54, 1.807) is 31.2 Å². The van der Waals surface area contributed by atoms with Crippen LogP contribution in [0.3, 0.4) is 0 Å². The average molecular weight is 418 g/mol. The van der Waals surface area contributed by atoms with Crippen LogP contribution in [0.15, 0.2) is 39.5 Å². The summed E-state index contributed by atoms with van der Waals surface area (Å²) in [5.41, 5.74) is 0.388. The molecule has 5 N–H and O–H groups in total. The van der Waals surface area contributed by atoms with Crippen molar-refractivity contribution < 1.29 is 39.4 Å². The van der Waals surface area contributed by atoms with E-state index in [4.69, 9.17) is 13.9 Å². The summed E-state index contributed by atoms with van der Waals surface area (Å²) in [6.45, 7) is 0.935. The van der Waals surface area contributed by atoms with Crippen molar-refractivity contribution in [2.45, 2.75) is 44.2 Å². The van der Waals surface area contributed by atoms with Gasteiger partial charge in [0.05, 0.1) is 13.2 Å². The van der Waals surface area contributed by atoms with Gasteiger partial charge in [-0.2, -0.15) is 0 Å². The fraction of sp³-hybridized carbons (Fsp3) is 0.381. The van der Waals surface area contributed by atoms with Crippen LogP contribution in [0.2, 0.25) is 0 Å². The second kappa shape index (κ2) is 7.95. The van der Waals surface area contributed by atoms with E-state index in [9.17, 15) is 30.3 Å². The van der Waals surface area contributed by atoms with Crippen molar-refractivity contribution in [2.24, 2.45) is 0 Å². The largest absolute Gasteiger partial charge is 0.506 e. The molecule has 1 saturated heterocycles. The molecule has 5 atom stereocenters. The van der Waals surface area contributed by atoms with Gasteiger partial charge in [-0.25, -0.2) is 0 Å². The van der Waals surface area contributed by atoms with Gasteiger partial charge in [0.1, 0.15) is 46.9 Å². The second-order valence-electron chi connectivity index (χ2n) is 7.34. The third-order valence-electron chi connectivity index (χ3n) is 5.29. The fourth-order valence-corrected chi connectivity index (χ4v) is 3.76. The number of benzene rings is 2. The number of hydrogen-bond acceptors (Lipinski definition) is 9. The van der Waals surface area contributed by atoms with Crippen LogP contribution in [-0.4, -0.2) is 62.8 Å². The Morgan fingerprint density at radius 1 is 1.07 bits per heavy atom. The number of phenols is 1. The molecule has 1 aliphatic rings. The van der Waals surface area contributed by atoms with E-state index in [1.807, 2.05) is 0 Å². The molecule has 30 heavy (non-hydrogen) atoms. The average Bonchev–Trinajstić information content (AvgIpc) is 2.71. The molecule has 5 unspecified atom stereocenters. The van der Waals surface area contributed by atoms with Crippen molar-refractivity contribution in [3.63, 3.8) is 0 Å². The molecule has 1 fully saturated rings. The summed E-state index contributed by atoms with van der Waals surface area (Å²) in [5, 5.41) is 51.0. The molecule has 160 valence electrons. The smallest absolute Gasteiger partial charge is 0.196 e. The summed E-state index contributed by atoms with van der Waals surface area (Å²) in [4.78, 5) is 12.4. The van der Waals surface area contributed by atoms with Crippen LogP contribution in [0.5, 0.6) is 5.75 Å². The summed E-state index contributed by atoms with van der Waals surface area (Å²) in [6, 6.07) is 8.09. The Kier molecular flexibility index (Phi) is 5.49. The van der Waals surface area contributed by atoms with Crippen LogP contribution in [0.25, 0.3) is 21.7 Å². The van der Waals surface area contributed by atoms with Crippen molar-refractivity contribution in [1.29, 1.82) is 0 Å². The minimum absolute atomic E-state index is 0.0494. The van der Waals surface area contributed by atoms with Gasteiger partial charge < -0.3 is 39.4 Å². The molecular formula is C21H22O9. The topological polar surface area (TPSA) is 150 Å². The van der Waals surface area contributed by atoms with Gasteiger partial charge in [-0.1, -0.05) is 18.2 Å². The molecular weight excluding hydrogens is 396 g/mol. The second-order valence-corrected chi connectivity index (χ2v) is 7.34. The number of hydrogen-bond donors (Lipinski definition) is 5. The normalized spacial score (nSPS) is 27.0. The van der Waals surface area contributed by atoms with Crippen molar-refractivity contribution in [1.82, 2.24) is 0 Å². The minimum Gasteiger partial charge on any atom is -0.506 e. The number of fused-ring (bicyclic) bond motifs is 2. The lowest BCUT2D eigenvalue weighted by Crippen LogP contribution is -2.59. The lowest BCUT2D eigenvalue weighted by Gasteiger charge is -2.39. The summed E-state index contributed by atoms with van der Waals surface area (Å²) < 4.78 is 16.5. The predicted molar refractivity (Wildman–Crippen MR) is 105 cm³/mol. The minimum atomic E-state index is -1.56. The summed E-state index contributed by atoms with van der Waals surface area (Å²) >= 11 is 0. The van der Waals surface area contributed by atoms with Crippen molar-refractivity contribution in [3.8, 4) is 5.75 Å². The molecule has 9 heteroatoms. The highest BCUT2D eigenvalue weighted by atomic mass is 16.7. The first-order valence-electron chi connectivity index (χ1n) is 9.42. The van der Waals surface area contributed by atoms with E-state index in [1.165, 1.54) is 6.07 Å². The maximum atomic E-state index is 12.4. The zero-order valence-corrected chi connectivity index (χ0v) is 16.1. The van der Waals surface area contributed by atoms with Gasteiger partial charge in [0.25, 0.3) is 0 Å². The van der Waals surface area contributed by atoms with E-state index >= 15 is 0 Å². The zero-order valence-electron chi connectivity index (χ0n) is 16.1. The molecule has 1 aliphatic heterocycles. The number of rotatable bonds is 4. The summed E-state index contributed by atoms with van der Waals surface area (Å²) in [6.07, 6.45) is -6.99. The molecule has 0 saturated carbocycles. The lowest BCUT2D eigenvalue weighted by molar-refractivity contribution is -0.304. The van der Waals surface area contributed by atoms with Crippen molar-refractivity contribution in [2.75, 3.05) is 6.61 Å². The first-order valence-corrected chi connectivity index (χ1v) is 9.42. The van der Waals surface area contributed by atoms with Crippen molar-refractivity contribution >= 4 is 21.7 Å². The Balaban J connectivity index is 1.70. The summed E-state index contributed by atoms with van der Waals surface area (Å²) in [7, 11) is 0. The molecule has 3 aromatic rings. The van der Waals surface area contributed by atoms with Crippen molar-refractivity contribution in [3.05, 3.63) is 51.9 Å². The number of phenolic OH excluding ortho intramolecular Hbond substituents is 1. The Bertz CT molecular complexity index is 1140. The van der Waals surface area contributed by atoms with Crippen LogP contribution in [-0.2, 0) is 16.1 Å². The first kappa shape index (κ1) is 20.7. The highest BCUT2D eigenvalue weighted by Gasteiger charge is 2.44. The molecule has 2 heterocycles. The highest BCUT2D eigenvalue weighted by molar-refractivity contribution is 6.04. The Morgan fingerprint density at radius 2 is 1.83 bits per heavy atom. The van der Waals surface area contributed by atoms with Crippen LogP contribution in [0.1, 0.15) is 11.3 Å². The maximum Gasteiger partial charge on any atom is 0.196 e. The van der Waals surface area contributed by atoms with Gasteiger partial charge in [-0.15, -0.1) is 0 Å². The van der Waals surface area contributed by atoms with Gasteiger partial charge in [0.15, 0.2) is 11.7 Å². The molecule has 0 spiro atoms. The SMILES string of the molecule is Cc1cc(=O)c2c(O)c3c(COC4OC(CO)C(O)C(O)C4O)cccc3cc2o1. The quantitative estimate of drug-likeness (QED) is 0.376. The van der Waals surface area contributed by atoms with E-state index in [-0.39, 0.29) is 28.8 Å². The highest BCUT2D eigenvalue weighted by Crippen LogP contribution is 2.35. The zero-order chi connectivity index (χ0) is 21.6. The van der Waals surface area contributed by atoms with Crippen LogP contribution < -0.4 is 5.43 Å². The molecule has 0 bridgehead atoms. The molecule has 0 radical (unpaired) electrons. The van der Waals surface area contributed by atoms with Gasteiger partial charge in [0.2, 0.25) is 0 Å². The number of aryl methyl sites for hydroxylation is 1. The predicted octanol–water partition coefficient (Wildman–Crippen LogP) is 0.277. The molecule has 0 amide bonds. The van der Waals surface area contributed by atoms with E-state index < -0.39 is 37.3 Å². The van der Waals surface area contributed by atoms with Gasteiger partial charge in [0, 0.05) is 11.5 Å². The molecule has 0 aliphatic carbocycles. The van der Waals surface area contributed by atoms with E-state index in [0.717, 1.165) is 0 Å². The van der Waals surface area contributed by atoms with Crippen LogP contribution >= 0.6 is 0 Å². The first-order chi connectivity index (χ1) is 14.3. The van der Waals surface area contributed by atoms with E-state index in [2.05, 4.69) is 0 Å². The number of aromatic hydroxyl groups is 1. The molecule has 9 nitrogen and oxygen atoms in total. The van der Waals surface area contributed by atoms with Crippen LogP contribution in [0.4, 0.5) is 0 Å². The summed E-state index contributed by atoms with van der Waals surface area (Å²) in [5.74, 6) is 0.178. The number of aliphatic hydroxyl groups is 4. The molecule has 2 aromatic carbocycles. The Labute approximate surface area is 170 Å². The maximum absolute atomic E-state index is 12.4. The fourth-order valence-electron chi connectivity index (χ4n) is 3.76. The monoisotopic (exact) mass is 418 g/mol. The van der Waals surface area contributed by atoms with Gasteiger partial charge in [-0.05, 0) is 23.9 Å². The van der Waals surface area contributed by atoms with Gasteiger partial charge in [-0.3, -0.25) is 4.79 Å². The third-order valence-corrected chi connectivity index (χ3v) is 5.29. The number of aliphatic hydroxyl groups excluding tert-OH is 4. The van der Waals surface area contributed by atoms with Gasteiger partial charge >= 0.3 is 0 Å². The van der Waals surface area contributed by atoms with E-state index in [0.29, 0.717) is 22.1 Å². The number of ether oxygens (including phenoxy) is 2. The third kappa shape index (κ3) is 3.45. The Hall–Kier alpha value is -2.53. The van der Waals surface area contributed by atoms with Crippen LogP contribution in [0, 0.1) is 6.92 Å². The Morgan fingerprint density at radius 3 is 2.57 bits per heavy atom.